The van der Waals surface area contributed by atoms with Gasteiger partial charge in [0.05, 0.1) is 0 Å². The zero-order chi connectivity index (χ0) is 5.15. The Balaban J connectivity index is 3.57. The summed E-state index contributed by atoms with van der Waals surface area (Å²) in [6, 6.07) is 0. The summed E-state index contributed by atoms with van der Waals surface area (Å²) in [5.74, 6) is -0.873. The maximum absolute atomic E-state index is 9.63. The van der Waals surface area contributed by atoms with Gasteiger partial charge in [-0.3, -0.25) is 0 Å². The van der Waals surface area contributed by atoms with Crippen LogP contribution in [0.2, 0.25) is 0 Å². The molecule has 0 aliphatic heterocycles. The summed E-state index contributed by atoms with van der Waals surface area (Å²) < 4.78 is 0.315. The number of rotatable bonds is 1. The van der Waals surface area contributed by atoms with Crippen molar-refractivity contribution in [2.75, 3.05) is 0 Å². The van der Waals surface area contributed by atoms with Crippen molar-refractivity contribution in [1.82, 2.24) is 0 Å². The second-order valence-corrected chi connectivity index (χ2v) is 2.29. The predicted octanol–water partition coefficient (Wildman–Crippen LogP) is -0.247. The van der Waals surface area contributed by atoms with Crippen molar-refractivity contribution in [2.24, 2.45) is 0 Å². The number of carboxylic acid groups (broad SMARTS) is 1. The van der Waals surface area contributed by atoms with Crippen molar-refractivity contribution in [3.63, 3.8) is 0 Å². The fourth-order valence-corrected chi connectivity index (χ4v) is 0. The van der Waals surface area contributed by atoms with Gasteiger partial charge in [0.1, 0.15) is 0 Å². The number of hydrogen-bond donors (Lipinski definition) is 1. The van der Waals surface area contributed by atoms with E-state index >= 15 is 0 Å². The zero-order valence-corrected chi connectivity index (χ0v) is 5.56. The molecule has 28 valence electrons. The molecule has 0 bridgehead atoms. The van der Waals surface area contributed by atoms with Crippen LogP contribution in [0.4, 0.5) is 0 Å². The predicted molar refractivity (Wildman–Crippen MR) is 22.5 cm³/mol. The first-order chi connectivity index (χ1) is 2.64. The van der Waals surface area contributed by atoms with Crippen LogP contribution in [0.5, 0.6) is 0 Å². The third-order valence-corrected chi connectivity index (χ3v) is 0.793. The van der Waals surface area contributed by atoms with Crippen molar-refractivity contribution in [3.05, 3.63) is 9.40 Å². The zero-order valence-electron chi connectivity index (χ0n) is 3.56. The molecule has 0 spiro atoms. The number of aliphatic carboxylic acids is 1. The van der Waals surface area contributed by atoms with Gasteiger partial charge >= 0.3 is 53.2 Å². The third kappa shape index (κ3) is 2.45. The van der Waals surface area contributed by atoms with Gasteiger partial charge in [0.2, 0.25) is 0 Å². The molecule has 0 rings (SSSR count). The molecule has 0 aliphatic rings. The Morgan fingerprint density at radius 2 is 2.00 bits per heavy atom. The average molecular weight is 94.0 g/mol. The Morgan fingerprint density at radius 3 is 2.00 bits per heavy atom. The van der Waals surface area contributed by atoms with Crippen molar-refractivity contribution in [1.29, 1.82) is 0 Å². The summed E-state index contributed by atoms with van der Waals surface area (Å²) in [6.45, 7) is 3.22. The second-order valence-electron chi connectivity index (χ2n) is 1.09. The van der Waals surface area contributed by atoms with E-state index in [0.29, 0.717) is 30.8 Å². The standard InChI is InChI=1S/C3H3O2.Na/c1-2-3(4)5;/h1H2,(H,4,5);. The van der Waals surface area contributed by atoms with Crippen molar-refractivity contribution < 1.29 is 9.90 Å². The molecule has 0 radical (unpaired) electrons. The molecule has 6 heavy (non-hydrogen) atoms. The summed E-state index contributed by atoms with van der Waals surface area (Å²) >= 11 is 0.559. The van der Waals surface area contributed by atoms with Crippen LogP contribution >= 0.6 is 0 Å². The summed E-state index contributed by atoms with van der Waals surface area (Å²) in [6.07, 6.45) is 0. The third-order valence-electron chi connectivity index (χ3n) is 0.365. The topological polar surface area (TPSA) is 37.3 Å². The fraction of sp³-hybridized carbons (Fsp3) is 0. The van der Waals surface area contributed by atoms with Crippen LogP contribution in [0.25, 0.3) is 0 Å². The molecule has 2 nitrogen and oxygen atoms in total. The Hall–Kier alpha value is 0.210. The molecular weight excluding hydrogens is 91.0 g/mol. The Bertz CT molecular complexity index is 74.8. The molecule has 0 fully saturated rings. The van der Waals surface area contributed by atoms with Gasteiger partial charge in [-0.15, -0.1) is 0 Å². The van der Waals surface area contributed by atoms with Gasteiger partial charge in [0, 0.05) is 0 Å². The number of carbonyl (C=O) groups is 1. The van der Waals surface area contributed by atoms with Crippen LogP contribution in [-0.4, -0.2) is 39.0 Å². The number of hydrogen-bond acceptors (Lipinski definition) is 1. The van der Waals surface area contributed by atoms with Crippen molar-refractivity contribution in [3.8, 4) is 0 Å². The summed E-state index contributed by atoms with van der Waals surface area (Å²) in [5, 5.41) is 7.93. The molecular formula is C3H3NaO2. The molecule has 0 aromatic carbocycles. The molecule has 3 heteroatoms. The molecule has 0 unspecified atom stereocenters. The first-order valence-electron chi connectivity index (χ1n) is 1.53. The molecule has 0 aromatic heterocycles. The monoisotopic (exact) mass is 94.0 g/mol. The minimum atomic E-state index is -0.873. The Kier molecular flexibility index (Phi) is 2.48. The van der Waals surface area contributed by atoms with Crippen LogP contribution in [0, 0.1) is 0 Å². The van der Waals surface area contributed by atoms with Gasteiger partial charge in [0.25, 0.3) is 0 Å². The maximum atomic E-state index is 9.63. The van der Waals surface area contributed by atoms with Gasteiger partial charge in [0.15, 0.2) is 0 Å². The van der Waals surface area contributed by atoms with E-state index in [0.717, 1.165) is 0 Å². The normalized spacial score (nSPS) is 7.67. The Labute approximate surface area is 53.3 Å². The van der Waals surface area contributed by atoms with Crippen LogP contribution in [0.15, 0.2) is 9.40 Å². The average Bonchev–Trinajstić information content (AvgIpc) is 1.36. The van der Waals surface area contributed by atoms with Gasteiger partial charge in [-0.2, -0.15) is 0 Å². The SMILES string of the molecule is C=[C]([Na])C(=O)O. The van der Waals surface area contributed by atoms with Crippen LogP contribution in [0.1, 0.15) is 0 Å². The molecule has 1 N–H and O–H groups in total. The first kappa shape index (κ1) is 6.21. The van der Waals surface area contributed by atoms with Crippen LogP contribution in [0.3, 0.4) is 0 Å². The van der Waals surface area contributed by atoms with E-state index in [4.69, 9.17) is 5.11 Å². The van der Waals surface area contributed by atoms with E-state index in [9.17, 15) is 4.79 Å². The molecule has 0 heterocycles. The van der Waals surface area contributed by atoms with E-state index < -0.39 is 5.97 Å². The molecule has 0 atom stereocenters. The molecule has 0 aromatic rings. The van der Waals surface area contributed by atoms with E-state index in [2.05, 4.69) is 6.58 Å². The van der Waals surface area contributed by atoms with E-state index in [1.165, 1.54) is 0 Å². The Morgan fingerprint density at radius 1 is 1.83 bits per heavy atom. The van der Waals surface area contributed by atoms with E-state index in [1.807, 2.05) is 0 Å². The summed E-state index contributed by atoms with van der Waals surface area (Å²) in [7, 11) is 0. The van der Waals surface area contributed by atoms with E-state index in [1.54, 1.807) is 0 Å². The molecule has 0 saturated carbocycles. The van der Waals surface area contributed by atoms with Gasteiger partial charge in [-0.05, 0) is 0 Å². The van der Waals surface area contributed by atoms with Gasteiger partial charge in [-0.25, -0.2) is 0 Å². The summed E-state index contributed by atoms with van der Waals surface area (Å²) in [4.78, 5) is 9.63. The van der Waals surface area contributed by atoms with Gasteiger partial charge < -0.3 is 0 Å². The van der Waals surface area contributed by atoms with Gasteiger partial charge in [-0.1, -0.05) is 0 Å². The van der Waals surface area contributed by atoms with Crippen molar-refractivity contribution in [2.45, 2.75) is 0 Å². The first-order valence-corrected chi connectivity index (χ1v) is 2.53. The summed E-state index contributed by atoms with van der Waals surface area (Å²) in [5.41, 5.74) is 0. The minimum absolute atomic E-state index is 0.315. The second kappa shape index (κ2) is 2.39. The van der Waals surface area contributed by atoms with Crippen LogP contribution in [-0.2, 0) is 4.79 Å². The molecule has 0 saturated heterocycles. The number of carboxylic acids is 1. The van der Waals surface area contributed by atoms with Crippen LogP contribution < -0.4 is 0 Å². The fourth-order valence-electron chi connectivity index (χ4n) is 0. The van der Waals surface area contributed by atoms with Crippen molar-refractivity contribution >= 4 is 33.9 Å². The molecule has 0 amide bonds. The molecule has 0 aliphatic carbocycles. The van der Waals surface area contributed by atoms with E-state index in [-0.39, 0.29) is 0 Å². The quantitative estimate of drug-likeness (QED) is 0.359.